The van der Waals surface area contributed by atoms with Crippen molar-refractivity contribution < 1.29 is 14.7 Å². The lowest BCUT2D eigenvalue weighted by atomic mass is 10.1. The van der Waals surface area contributed by atoms with Crippen LogP contribution in [0, 0.1) is 0 Å². The molecule has 24 heavy (non-hydrogen) atoms. The van der Waals surface area contributed by atoms with Crippen LogP contribution in [0.5, 0.6) is 0 Å². The number of carbonyl (C=O) groups excluding carboxylic acids is 2. The van der Waals surface area contributed by atoms with Crippen molar-refractivity contribution in [3.05, 3.63) is 76.4 Å². The summed E-state index contributed by atoms with van der Waals surface area (Å²) in [7, 11) is 0. The van der Waals surface area contributed by atoms with E-state index in [0.717, 1.165) is 0 Å². The van der Waals surface area contributed by atoms with Gasteiger partial charge in [-0.1, -0.05) is 41.9 Å². The molecule has 0 radical (unpaired) electrons. The first-order valence-electron chi connectivity index (χ1n) is 7.33. The molecular formula is C18H17ClN2O3. The van der Waals surface area contributed by atoms with Crippen LogP contribution < -0.4 is 10.6 Å². The molecule has 0 heterocycles. The maximum atomic E-state index is 12.3. The number of hydrogen-bond acceptors (Lipinski definition) is 3. The van der Waals surface area contributed by atoms with Crippen molar-refractivity contribution in [3.8, 4) is 0 Å². The molecule has 124 valence electrons. The molecule has 0 fully saturated rings. The summed E-state index contributed by atoms with van der Waals surface area (Å²) < 4.78 is 0. The fraction of sp³-hybridized carbons (Fsp3) is 0.111. The third kappa shape index (κ3) is 5.22. The van der Waals surface area contributed by atoms with Gasteiger partial charge >= 0.3 is 0 Å². The Bertz CT molecular complexity index is 728. The highest BCUT2D eigenvalue weighted by molar-refractivity contribution is 6.30. The van der Waals surface area contributed by atoms with Gasteiger partial charge in [-0.25, -0.2) is 0 Å². The standard InChI is InChI=1S/C18H17ClN2O3/c19-15-8-6-13(7-9-15)12-16(18(24)20-10-11-22)21-17(23)14-4-2-1-3-5-14/h1-9,12,22H,10-11H2,(H,20,24)(H,21,23)/b16-12+. The fourth-order valence-electron chi connectivity index (χ4n) is 1.93. The molecule has 0 saturated carbocycles. The predicted octanol–water partition coefficient (Wildman–Crippen LogP) is 2.22. The van der Waals surface area contributed by atoms with E-state index < -0.39 is 11.8 Å². The van der Waals surface area contributed by atoms with Crippen molar-refractivity contribution in [1.29, 1.82) is 0 Å². The summed E-state index contributed by atoms with van der Waals surface area (Å²) in [6, 6.07) is 15.4. The van der Waals surface area contributed by atoms with E-state index in [1.807, 2.05) is 0 Å². The number of benzene rings is 2. The van der Waals surface area contributed by atoms with Crippen LogP contribution in [0.3, 0.4) is 0 Å². The number of nitrogens with one attached hydrogen (secondary N) is 2. The van der Waals surface area contributed by atoms with Gasteiger partial charge in [0.15, 0.2) is 0 Å². The van der Waals surface area contributed by atoms with E-state index in [2.05, 4.69) is 10.6 Å². The molecule has 2 aromatic rings. The predicted molar refractivity (Wildman–Crippen MR) is 93.4 cm³/mol. The number of aliphatic hydroxyl groups is 1. The van der Waals surface area contributed by atoms with Crippen molar-refractivity contribution in [2.75, 3.05) is 13.2 Å². The van der Waals surface area contributed by atoms with E-state index >= 15 is 0 Å². The summed E-state index contributed by atoms with van der Waals surface area (Å²) in [5.41, 5.74) is 1.23. The Balaban J connectivity index is 2.23. The molecular weight excluding hydrogens is 328 g/mol. The molecule has 2 rings (SSSR count). The van der Waals surface area contributed by atoms with Crippen molar-refractivity contribution >= 4 is 29.5 Å². The zero-order chi connectivity index (χ0) is 17.4. The van der Waals surface area contributed by atoms with Gasteiger partial charge in [0.25, 0.3) is 11.8 Å². The molecule has 0 aliphatic heterocycles. The molecule has 5 nitrogen and oxygen atoms in total. The molecule has 0 unspecified atom stereocenters. The largest absolute Gasteiger partial charge is 0.395 e. The lowest BCUT2D eigenvalue weighted by Crippen LogP contribution is -2.36. The summed E-state index contributed by atoms with van der Waals surface area (Å²) >= 11 is 5.85. The highest BCUT2D eigenvalue weighted by Gasteiger charge is 2.14. The Labute approximate surface area is 145 Å². The van der Waals surface area contributed by atoms with Gasteiger partial charge in [0.05, 0.1) is 6.61 Å². The van der Waals surface area contributed by atoms with E-state index in [0.29, 0.717) is 16.1 Å². The number of hydrogen-bond donors (Lipinski definition) is 3. The van der Waals surface area contributed by atoms with Crippen LogP contribution in [0.4, 0.5) is 0 Å². The minimum Gasteiger partial charge on any atom is -0.395 e. The number of amides is 2. The van der Waals surface area contributed by atoms with Crippen molar-refractivity contribution in [1.82, 2.24) is 10.6 Å². The smallest absolute Gasteiger partial charge is 0.267 e. The Morgan fingerprint density at radius 3 is 2.33 bits per heavy atom. The minimum atomic E-state index is -0.483. The second kappa shape index (κ2) is 8.86. The third-order valence-corrected chi connectivity index (χ3v) is 3.36. The van der Waals surface area contributed by atoms with Crippen LogP contribution in [-0.4, -0.2) is 30.1 Å². The SMILES string of the molecule is O=C(NCCO)/C(=C\c1ccc(Cl)cc1)NC(=O)c1ccccc1. The van der Waals surface area contributed by atoms with Crippen molar-refractivity contribution in [2.24, 2.45) is 0 Å². The van der Waals surface area contributed by atoms with Crippen LogP contribution in [0.1, 0.15) is 15.9 Å². The van der Waals surface area contributed by atoms with Crippen molar-refractivity contribution in [2.45, 2.75) is 0 Å². The summed E-state index contributed by atoms with van der Waals surface area (Å²) in [5, 5.41) is 14.5. The van der Waals surface area contributed by atoms with Crippen LogP contribution >= 0.6 is 11.6 Å². The second-order valence-electron chi connectivity index (χ2n) is 4.91. The molecule has 0 aliphatic rings. The van der Waals surface area contributed by atoms with Gasteiger partial charge in [0.1, 0.15) is 5.70 Å². The van der Waals surface area contributed by atoms with Gasteiger partial charge in [-0.3, -0.25) is 9.59 Å². The normalized spacial score (nSPS) is 11.0. The quantitative estimate of drug-likeness (QED) is 0.703. The van der Waals surface area contributed by atoms with Gasteiger partial charge < -0.3 is 15.7 Å². The molecule has 0 bridgehead atoms. The van der Waals surface area contributed by atoms with Gasteiger partial charge in [0, 0.05) is 17.1 Å². The first-order valence-corrected chi connectivity index (χ1v) is 7.70. The minimum absolute atomic E-state index is 0.0830. The lowest BCUT2D eigenvalue weighted by Gasteiger charge is -2.10. The van der Waals surface area contributed by atoms with Gasteiger partial charge in [-0.2, -0.15) is 0 Å². The van der Waals surface area contributed by atoms with E-state index in [-0.39, 0.29) is 18.8 Å². The number of rotatable bonds is 6. The zero-order valence-electron chi connectivity index (χ0n) is 12.8. The molecule has 0 atom stereocenters. The van der Waals surface area contributed by atoms with E-state index in [4.69, 9.17) is 16.7 Å². The molecule has 0 spiro atoms. The summed E-state index contributed by atoms with van der Waals surface area (Å²) in [4.78, 5) is 24.5. The summed E-state index contributed by atoms with van der Waals surface area (Å²) in [6.07, 6.45) is 1.55. The zero-order valence-corrected chi connectivity index (χ0v) is 13.6. The molecule has 0 aliphatic carbocycles. The third-order valence-electron chi connectivity index (χ3n) is 3.11. The highest BCUT2D eigenvalue weighted by atomic mass is 35.5. The molecule has 2 amide bonds. The van der Waals surface area contributed by atoms with Crippen LogP contribution in [0.2, 0.25) is 5.02 Å². The molecule has 0 saturated heterocycles. The Kier molecular flexibility index (Phi) is 6.54. The van der Waals surface area contributed by atoms with Gasteiger partial charge in [-0.15, -0.1) is 0 Å². The topological polar surface area (TPSA) is 78.4 Å². The summed E-state index contributed by atoms with van der Waals surface area (Å²) in [5.74, 6) is -0.877. The fourth-order valence-corrected chi connectivity index (χ4v) is 2.06. The van der Waals surface area contributed by atoms with Gasteiger partial charge in [-0.05, 0) is 35.9 Å². The van der Waals surface area contributed by atoms with Crippen LogP contribution in [0.25, 0.3) is 6.08 Å². The average Bonchev–Trinajstić information content (AvgIpc) is 2.61. The average molecular weight is 345 g/mol. The number of carbonyl (C=O) groups is 2. The Morgan fingerprint density at radius 1 is 1.04 bits per heavy atom. The maximum Gasteiger partial charge on any atom is 0.267 e. The van der Waals surface area contributed by atoms with E-state index in [1.54, 1.807) is 60.7 Å². The number of aliphatic hydroxyl groups excluding tert-OH is 1. The molecule has 0 aromatic heterocycles. The number of halogens is 1. The van der Waals surface area contributed by atoms with Crippen molar-refractivity contribution in [3.63, 3.8) is 0 Å². The Hall–Kier alpha value is -2.63. The highest BCUT2D eigenvalue weighted by Crippen LogP contribution is 2.12. The molecule has 2 aromatic carbocycles. The first kappa shape index (κ1) is 17.7. The lowest BCUT2D eigenvalue weighted by molar-refractivity contribution is -0.117. The Morgan fingerprint density at radius 2 is 1.71 bits per heavy atom. The van der Waals surface area contributed by atoms with E-state index in [9.17, 15) is 9.59 Å². The monoisotopic (exact) mass is 344 g/mol. The first-order chi connectivity index (χ1) is 11.6. The summed E-state index contributed by atoms with van der Waals surface area (Å²) in [6.45, 7) is -0.0927. The van der Waals surface area contributed by atoms with Crippen LogP contribution in [0.15, 0.2) is 60.3 Å². The van der Waals surface area contributed by atoms with E-state index in [1.165, 1.54) is 0 Å². The molecule has 3 N–H and O–H groups in total. The maximum absolute atomic E-state index is 12.3. The van der Waals surface area contributed by atoms with Gasteiger partial charge in [0.2, 0.25) is 0 Å². The second-order valence-corrected chi connectivity index (χ2v) is 5.35. The van der Waals surface area contributed by atoms with Crippen LogP contribution in [-0.2, 0) is 4.79 Å². The molecule has 6 heteroatoms.